The second-order valence-corrected chi connectivity index (χ2v) is 6.56. The number of benzene rings is 1. The van der Waals surface area contributed by atoms with Gasteiger partial charge in [-0.3, -0.25) is 0 Å². The van der Waals surface area contributed by atoms with Crippen LogP contribution in [-0.2, 0) is 9.53 Å². The number of hydrogen-bond acceptors (Lipinski definition) is 3. The van der Waals surface area contributed by atoms with Gasteiger partial charge in [-0.25, -0.2) is 9.18 Å². The van der Waals surface area contributed by atoms with E-state index in [0.717, 1.165) is 12.0 Å². The predicted molar refractivity (Wildman–Crippen MR) is 77.1 cm³/mol. The summed E-state index contributed by atoms with van der Waals surface area (Å²) >= 11 is 0. The molecule has 0 spiro atoms. The Hall–Kier alpha value is -1.58. The highest BCUT2D eigenvalue weighted by molar-refractivity contribution is 5.85. The Bertz CT molecular complexity index is 507. The van der Waals surface area contributed by atoms with Crippen LogP contribution < -0.4 is 5.32 Å². The van der Waals surface area contributed by atoms with Crippen molar-refractivity contribution in [3.63, 3.8) is 0 Å². The van der Waals surface area contributed by atoms with Gasteiger partial charge >= 0.3 is 5.97 Å². The average Bonchev–Trinajstić information content (AvgIpc) is 2.63. The molecule has 1 aromatic carbocycles. The second kappa shape index (κ2) is 5.08. The number of carbonyl (C=O) groups excluding carboxylic acids is 1. The van der Waals surface area contributed by atoms with E-state index in [1.165, 1.54) is 19.2 Å². The Morgan fingerprint density at radius 2 is 2.00 bits per heavy atom. The minimum absolute atomic E-state index is 0.0730. The van der Waals surface area contributed by atoms with E-state index in [0.29, 0.717) is 18.5 Å². The summed E-state index contributed by atoms with van der Waals surface area (Å²) in [5.74, 6) is -0.574. The van der Waals surface area contributed by atoms with Gasteiger partial charge in [0.2, 0.25) is 0 Å². The summed E-state index contributed by atoms with van der Waals surface area (Å²) in [4.78, 5) is 12.2. The Balaban J connectivity index is 2.32. The van der Waals surface area contributed by atoms with Gasteiger partial charge in [-0.15, -0.1) is 0 Å². The lowest BCUT2D eigenvalue weighted by molar-refractivity contribution is -0.146. The van der Waals surface area contributed by atoms with Gasteiger partial charge in [0.25, 0.3) is 0 Å². The summed E-state index contributed by atoms with van der Waals surface area (Å²) in [5, 5.41) is 3.23. The lowest BCUT2D eigenvalue weighted by atomic mass is 9.87. The molecule has 2 rings (SSSR count). The fraction of sp³-hybridized carbons (Fsp3) is 0.562. The third-order valence-electron chi connectivity index (χ3n) is 4.01. The molecule has 1 aliphatic carbocycles. The van der Waals surface area contributed by atoms with Gasteiger partial charge < -0.3 is 10.1 Å². The van der Waals surface area contributed by atoms with Crippen LogP contribution in [0.4, 0.5) is 10.1 Å². The van der Waals surface area contributed by atoms with Crippen LogP contribution in [-0.4, -0.2) is 18.6 Å². The molecular weight excluding hydrogens is 257 g/mol. The van der Waals surface area contributed by atoms with Gasteiger partial charge in [-0.2, -0.15) is 0 Å². The lowest BCUT2D eigenvalue weighted by Gasteiger charge is -2.30. The van der Waals surface area contributed by atoms with Crippen LogP contribution in [0.15, 0.2) is 18.2 Å². The molecule has 1 unspecified atom stereocenters. The van der Waals surface area contributed by atoms with Crippen molar-refractivity contribution in [1.82, 2.24) is 0 Å². The first-order valence-corrected chi connectivity index (χ1v) is 6.90. The van der Waals surface area contributed by atoms with Crippen LogP contribution in [0.2, 0.25) is 0 Å². The highest BCUT2D eigenvalue weighted by Gasteiger charge is 2.49. The molecule has 1 atom stereocenters. The van der Waals surface area contributed by atoms with E-state index in [9.17, 15) is 9.18 Å². The Labute approximate surface area is 119 Å². The third-order valence-corrected chi connectivity index (χ3v) is 4.01. The number of ether oxygens (including phenoxy) is 1. The molecule has 20 heavy (non-hydrogen) atoms. The zero-order valence-electron chi connectivity index (χ0n) is 12.5. The number of aryl methyl sites for hydroxylation is 1. The van der Waals surface area contributed by atoms with Gasteiger partial charge in [0.1, 0.15) is 11.4 Å². The molecule has 0 saturated heterocycles. The number of nitrogens with one attached hydrogen (secondary N) is 1. The summed E-state index contributed by atoms with van der Waals surface area (Å²) in [6.07, 6.45) is 2.31. The SMILES string of the molecule is COC(=O)C1(Nc2cc(C)cc(F)c2)CCC(C)(C)C1. The van der Waals surface area contributed by atoms with Gasteiger partial charge in [0, 0.05) is 5.69 Å². The second-order valence-electron chi connectivity index (χ2n) is 6.56. The fourth-order valence-electron chi connectivity index (χ4n) is 3.16. The van der Waals surface area contributed by atoms with Crippen molar-refractivity contribution in [3.8, 4) is 0 Å². The molecule has 0 aromatic heterocycles. The first kappa shape index (κ1) is 14.8. The molecule has 1 N–H and O–H groups in total. The van der Waals surface area contributed by atoms with E-state index in [4.69, 9.17) is 4.74 Å². The molecule has 1 fully saturated rings. The monoisotopic (exact) mass is 279 g/mol. The molecule has 0 aliphatic heterocycles. The van der Waals surface area contributed by atoms with Gasteiger partial charge in [0.15, 0.2) is 0 Å². The summed E-state index contributed by atoms with van der Waals surface area (Å²) in [7, 11) is 1.40. The maximum Gasteiger partial charge on any atom is 0.331 e. The molecule has 4 heteroatoms. The number of methoxy groups -OCH3 is 1. The lowest BCUT2D eigenvalue weighted by Crippen LogP contribution is -2.45. The zero-order chi connectivity index (χ0) is 15.0. The van der Waals surface area contributed by atoms with Crippen LogP contribution in [0.1, 0.15) is 38.7 Å². The van der Waals surface area contributed by atoms with Crippen LogP contribution in [0, 0.1) is 18.2 Å². The van der Waals surface area contributed by atoms with Gasteiger partial charge in [-0.05, 0) is 55.4 Å². The molecule has 0 heterocycles. The molecule has 1 aliphatic rings. The van der Waals surface area contributed by atoms with Crippen molar-refractivity contribution in [3.05, 3.63) is 29.6 Å². The smallest absolute Gasteiger partial charge is 0.331 e. The summed E-state index contributed by atoms with van der Waals surface area (Å²) in [5.41, 5.74) is 0.776. The van der Waals surface area contributed by atoms with Crippen molar-refractivity contribution in [2.75, 3.05) is 12.4 Å². The Morgan fingerprint density at radius 1 is 1.30 bits per heavy atom. The predicted octanol–water partition coefficient (Wildman–Crippen LogP) is 3.67. The Kier molecular flexibility index (Phi) is 3.76. The van der Waals surface area contributed by atoms with E-state index in [2.05, 4.69) is 19.2 Å². The first-order chi connectivity index (χ1) is 9.26. The maximum absolute atomic E-state index is 13.5. The van der Waals surface area contributed by atoms with Crippen molar-refractivity contribution in [2.24, 2.45) is 5.41 Å². The molecule has 0 bridgehead atoms. The number of halogens is 1. The number of anilines is 1. The van der Waals surface area contributed by atoms with Crippen LogP contribution in [0.3, 0.4) is 0 Å². The maximum atomic E-state index is 13.5. The summed E-state index contributed by atoms with van der Waals surface area (Å²) < 4.78 is 18.5. The Morgan fingerprint density at radius 3 is 2.50 bits per heavy atom. The summed E-state index contributed by atoms with van der Waals surface area (Å²) in [6, 6.07) is 4.73. The molecule has 0 amide bonds. The number of carbonyl (C=O) groups is 1. The number of hydrogen-bond donors (Lipinski definition) is 1. The highest BCUT2D eigenvalue weighted by atomic mass is 19.1. The molecule has 3 nitrogen and oxygen atoms in total. The molecular formula is C16H22FNO2. The number of rotatable bonds is 3. The van der Waals surface area contributed by atoms with Crippen molar-refractivity contribution in [2.45, 2.75) is 45.6 Å². The van der Waals surface area contributed by atoms with E-state index < -0.39 is 5.54 Å². The van der Waals surface area contributed by atoms with Crippen molar-refractivity contribution >= 4 is 11.7 Å². The van der Waals surface area contributed by atoms with Crippen LogP contribution in [0.5, 0.6) is 0 Å². The first-order valence-electron chi connectivity index (χ1n) is 6.90. The zero-order valence-corrected chi connectivity index (χ0v) is 12.5. The average molecular weight is 279 g/mol. The van der Waals surface area contributed by atoms with Gasteiger partial charge in [0.05, 0.1) is 7.11 Å². The standard InChI is InChI=1S/C16H22FNO2/c1-11-7-12(17)9-13(8-11)18-16(14(19)20-4)6-5-15(2,3)10-16/h7-9,18H,5-6,10H2,1-4H3. The fourth-order valence-corrected chi connectivity index (χ4v) is 3.16. The molecule has 1 saturated carbocycles. The number of esters is 1. The topological polar surface area (TPSA) is 38.3 Å². The molecule has 1 aromatic rings. The highest BCUT2D eigenvalue weighted by Crippen LogP contribution is 2.45. The van der Waals surface area contributed by atoms with Crippen molar-refractivity contribution in [1.29, 1.82) is 0 Å². The normalized spacial score (nSPS) is 24.4. The molecule has 0 radical (unpaired) electrons. The van der Waals surface area contributed by atoms with Gasteiger partial charge in [-0.1, -0.05) is 13.8 Å². The minimum Gasteiger partial charge on any atom is -0.467 e. The van der Waals surface area contributed by atoms with E-state index in [-0.39, 0.29) is 17.2 Å². The van der Waals surface area contributed by atoms with E-state index >= 15 is 0 Å². The van der Waals surface area contributed by atoms with E-state index in [1.54, 1.807) is 0 Å². The minimum atomic E-state index is -0.752. The van der Waals surface area contributed by atoms with Crippen LogP contribution in [0.25, 0.3) is 0 Å². The molecule has 110 valence electrons. The van der Waals surface area contributed by atoms with Crippen molar-refractivity contribution < 1.29 is 13.9 Å². The largest absolute Gasteiger partial charge is 0.467 e. The summed E-state index contributed by atoms with van der Waals surface area (Å²) in [6.45, 7) is 6.10. The third kappa shape index (κ3) is 2.94. The van der Waals surface area contributed by atoms with Crippen LogP contribution >= 0.6 is 0 Å². The van der Waals surface area contributed by atoms with E-state index in [1.807, 2.05) is 13.0 Å². The quantitative estimate of drug-likeness (QED) is 0.858.